The van der Waals surface area contributed by atoms with Crippen LogP contribution in [0.2, 0.25) is 5.02 Å². The van der Waals surface area contributed by atoms with Crippen LogP contribution in [0.25, 0.3) is 11.3 Å². The van der Waals surface area contributed by atoms with Gasteiger partial charge in [-0.15, -0.1) is 0 Å². The highest BCUT2D eigenvalue weighted by atomic mass is 35.5. The molecule has 3 rings (SSSR count). The van der Waals surface area contributed by atoms with Crippen molar-refractivity contribution in [3.05, 3.63) is 76.9 Å². The number of hydrogen-bond acceptors (Lipinski definition) is 3. The summed E-state index contributed by atoms with van der Waals surface area (Å²) < 4.78 is 0. The Bertz CT molecular complexity index is 843. The summed E-state index contributed by atoms with van der Waals surface area (Å²) in [6.45, 7) is 0. The van der Waals surface area contributed by atoms with Gasteiger partial charge in [-0.05, 0) is 12.1 Å². The number of hydrogen-bond donors (Lipinski definition) is 2. The number of carbonyl (C=O) groups is 1. The van der Waals surface area contributed by atoms with Crippen LogP contribution < -0.4 is 5.43 Å². The number of rotatable bonds is 4. The van der Waals surface area contributed by atoms with Crippen molar-refractivity contribution in [3.63, 3.8) is 0 Å². The minimum atomic E-state index is -0.372. The minimum absolute atomic E-state index is 0.333. The second-order valence-electron chi connectivity index (χ2n) is 4.75. The average molecular weight is 325 g/mol. The van der Waals surface area contributed by atoms with Crippen molar-refractivity contribution in [1.29, 1.82) is 0 Å². The van der Waals surface area contributed by atoms with Crippen molar-refractivity contribution < 1.29 is 4.79 Å². The van der Waals surface area contributed by atoms with Gasteiger partial charge in [0.15, 0.2) is 0 Å². The van der Waals surface area contributed by atoms with Gasteiger partial charge in [0.2, 0.25) is 0 Å². The van der Waals surface area contributed by atoms with Gasteiger partial charge in [-0.2, -0.15) is 10.2 Å². The van der Waals surface area contributed by atoms with Crippen LogP contribution in [-0.2, 0) is 0 Å². The first-order valence-electron chi connectivity index (χ1n) is 6.93. The Morgan fingerprint density at radius 1 is 1.13 bits per heavy atom. The van der Waals surface area contributed by atoms with E-state index in [1.54, 1.807) is 12.1 Å². The molecule has 23 heavy (non-hydrogen) atoms. The molecule has 1 aromatic heterocycles. The number of H-pyrrole nitrogens is 1. The topological polar surface area (TPSA) is 70.1 Å². The summed E-state index contributed by atoms with van der Waals surface area (Å²) in [7, 11) is 0. The summed E-state index contributed by atoms with van der Waals surface area (Å²) in [6.07, 6.45) is 1.49. The van der Waals surface area contributed by atoms with E-state index in [0.29, 0.717) is 16.4 Å². The van der Waals surface area contributed by atoms with Crippen molar-refractivity contribution in [2.45, 2.75) is 0 Å². The Morgan fingerprint density at radius 3 is 2.65 bits per heavy atom. The molecule has 0 saturated heterocycles. The predicted molar refractivity (Wildman–Crippen MR) is 90.5 cm³/mol. The van der Waals surface area contributed by atoms with Crippen LogP contribution in [0.4, 0.5) is 0 Å². The summed E-state index contributed by atoms with van der Waals surface area (Å²) in [4.78, 5) is 12.0. The molecule has 0 fully saturated rings. The fraction of sp³-hybridized carbons (Fsp3) is 0. The largest absolute Gasteiger partial charge is 0.289 e. The molecule has 0 saturated carbocycles. The maximum absolute atomic E-state index is 12.0. The van der Waals surface area contributed by atoms with E-state index >= 15 is 0 Å². The van der Waals surface area contributed by atoms with E-state index in [1.165, 1.54) is 6.21 Å². The first-order chi connectivity index (χ1) is 11.2. The molecular formula is C17H13ClN4O. The Morgan fingerprint density at radius 2 is 1.87 bits per heavy atom. The fourth-order valence-corrected chi connectivity index (χ4v) is 2.18. The molecule has 2 aromatic carbocycles. The number of nitrogens with zero attached hydrogens (tertiary/aromatic N) is 2. The highest BCUT2D eigenvalue weighted by Gasteiger charge is 2.10. The highest BCUT2D eigenvalue weighted by Crippen LogP contribution is 2.16. The lowest BCUT2D eigenvalue weighted by Crippen LogP contribution is -2.18. The molecule has 0 unspecified atom stereocenters. The zero-order chi connectivity index (χ0) is 16.1. The Balaban J connectivity index is 1.68. The standard InChI is InChI=1S/C17H13ClN4O/c18-14-9-5-4-8-13(14)11-19-22-17(23)16-10-15(20-21-16)12-6-2-1-3-7-12/h1-11H,(H,20,21)(H,22,23)/b19-11-. The monoisotopic (exact) mass is 324 g/mol. The lowest BCUT2D eigenvalue weighted by Gasteiger charge is -1.97. The molecule has 6 heteroatoms. The summed E-state index contributed by atoms with van der Waals surface area (Å²) in [6, 6.07) is 18.5. The van der Waals surface area contributed by atoms with Gasteiger partial charge in [-0.1, -0.05) is 60.1 Å². The third-order valence-electron chi connectivity index (χ3n) is 3.17. The molecule has 114 valence electrons. The summed E-state index contributed by atoms with van der Waals surface area (Å²) >= 11 is 6.01. The first-order valence-corrected chi connectivity index (χ1v) is 7.30. The van der Waals surface area contributed by atoms with Gasteiger partial charge >= 0.3 is 0 Å². The van der Waals surface area contributed by atoms with Crippen LogP contribution in [0.3, 0.4) is 0 Å². The molecular weight excluding hydrogens is 312 g/mol. The average Bonchev–Trinajstić information content (AvgIpc) is 3.07. The van der Waals surface area contributed by atoms with E-state index in [-0.39, 0.29) is 5.91 Å². The maximum atomic E-state index is 12.0. The number of nitrogens with one attached hydrogen (secondary N) is 2. The number of aromatic nitrogens is 2. The predicted octanol–water partition coefficient (Wildman–Crippen LogP) is 3.49. The molecule has 0 radical (unpaired) electrons. The third-order valence-corrected chi connectivity index (χ3v) is 3.51. The van der Waals surface area contributed by atoms with Gasteiger partial charge in [0.25, 0.3) is 5.91 Å². The van der Waals surface area contributed by atoms with Crippen molar-refractivity contribution >= 4 is 23.7 Å². The van der Waals surface area contributed by atoms with E-state index in [0.717, 1.165) is 11.1 Å². The molecule has 2 N–H and O–H groups in total. The molecule has 0 atom stereocenters. The van der Waals surface area contributed by atoms with E-state index in [2.05, 4.69) is 20.7 Å². The van der Waals surface area contributed by atoms with Crippen molar-refractivity contribution in [2.24, 2.45) is 5.10 Å². The number of amides is 1. The molecule has 3 aromatic rings. The Kier molecular flexibility index (Phi) is 4.49. The molecule has 0 bridgehead atoms. The number of carbonyl (C=O) groups excluding carboxylic acids is 1. The fourth-order valence-electron chi connectivity index (χ4n) is 2.00. The molecule has 1 heterocycles. The molecule has 1 amide bonds. The first kappa shape index (κ1) is 15.0. The van der Waals surface area contributed by atoms with Gasteiger partial charge in [0.1, 0.15) is 5.69 Å². The molecule has 0 aliphatic carbocycles. The highest BCUT2D eigenvalue weighted by molar-refractivity contribution is 6.33. The van der Waals surface area contributed by atoms with Gasteiger partial charge < -0.3 is 0 Å². The summed E-state index contributed by atoms with van der Waals surface area (Å²) in [5.41, 5.74) is 5.13. The second-order valence-corrected chi connectivity index (χ2v) is 5.16. The number of aromatic amines is 1. The lowest BCUT2D eigenvalue weighted by atomic mass is 10.1. The van der Waals surface area contributed by atoms with E-state index in [9.17, 15) is 4.79 Å². The van der Waals surface area contributed by atoms with Gasteiger partial charge in [-0.25, -0.2) is 5.43 Å². The van der Waals surface area contributed by atoms with E-state index < -0.39 is 0 Å². The zero-order valence-corrected chi connectivity index (χ0v) is 12.8. The quantitative estimate of drug-likeness (QED) is 0.569. The summed E-state index contributed by atoms with van der Waals surface area (Å²) in [5.74, 6) is -0.372. The van der Waals surface area contributed by atoms with Gasteiger partial charge in [0.05, 0.1) is 11.9 Å². The van der Waals surface area contributed by atoms with Crippen LogP contribution in [0.15, 0.2) is 65.8 Å². The smallest absolute Gasteiger partial charge is 0.272 e. The van der Waals surface area contributed by atoms with Crippen molar-refractivity contribution in [3.8, 4) is 11.3 Å². The molecule has 5 nitrogen and oxygen atoms in total. The van der Waals surface area contributed by atoms with Gasteiger partial charge in [0, 0.05) is 16.1 Å². The number of halogens is 1. The van der Waals surface area contributed by atoms with Crippen LogP contribution in [0.1, 0.15) is 16.1 Å². The van der Waals surface area contributed by atoms with E-state index in [1.807, 2.05) is 48.5 Å². The van der Waals surface area contributed by atoms with Crippen LogP contribution in [-0.4, -0.2) is 22.3 Å². The number of benzene rings is 2. The van der Waals surface area contributed by atoms with Crippen molar-refractivity contribution in [2.75, 3.05) is 0 Å². The number of hydrazone groups is 1. The molecule has 0 aliphatic heterocycles. The van der Waals surface area contributed by atoms with Crippen molar-refractivity contribution in [1.82, 2.24) is 15.6 Å². The SMILES string of the molecule is O=C(N/N=C\c1ccccc1Cl)c1cc(-c2ccccc2)n[nH]1. The second kappa shape index (κ2) is 6.89. The zero-order valence-electron chi connectivity index (χ0n) is 12.0. The third kappa shape index (κ3) is 3.64. The van der Waals surface area contributed by atoms with E-state index in [4.69, 9.17) is 11.6 Å². The van der Waals surface area contributed by atoms with Crippen LogP contribution >= 0.6 is 11.6 Å². The molecule has 0 spiro atoms. The van der Waals surface area contributed by atoms with Crippen LogP contribution in [0, 0.1) is 0 Å². The Hall–Kier alpha value is -2.92. The Labute approximate surface area is 138 Å². The maximum Gasteiger partial charge on any atom is 0.289 e. The van der Waals surface area contributed by atoms with Gasteiger partial charge in [-0.3, -0.25) is 9.89 Å². The molecule has 0 aliphatic rings. The lowest BCUT2D eigenvalue weighted by molar-refractivity contribution is 0.0950. The van der Waals surface area contributed by atoms with Crippen LogP contribution in [0.5, 0.6) is 0 Å². The normalized spacial score (nSPS) is 10.8. The minimum Gasteiger partial charge on any atom is -0.272 e. The summed E-state index contributed by atoms with van der Waals surface area (Å²) in [5, 5.41) is 11.3.